The van der Waals surface area contributed by atoms with Crippen molar-refractivity contribution >= 4 is 11.4 Å². The lowest BCUT2D eigenvalue weighted by atomic mass is 10.1. The summed E-state index contributed by atoms with van der Waals surface area (Å²) in [6, 6.07) is 5.03. The van der Waals surface area contributed by atoms with Gasteiger partial charge in [0.15, 0.2) is 0 Å². The van der Waals surface area contributed by atoms with E-state index < -0.39 is 4.92 Å². The summed E-state index contributed by atoms with van der Waals surface area (Å²) in [5.74, 6) is 0. The fraction of sp³-hybridized carbons (Fsp3) is 0.571. The van der Waals surface area contributed by atoms with E-state index in [1.165, 1.54) is 6.07 Å². The Labute approximate surface area is 124 Å². The molecule has 7 nitrogen and oxygen atoms in total. The van der Waals surface area contributed by atoms with Crippen molar-refractivity contribution in [1.82, 2.24) is 4.90 Å². The molecule has 0 fully saturated rings. The van der Waals surface area contributed by atoms with Crippen LogP contribution in [-0.2, 0) is 16.0 Å². The maximum atomic E-state index is 10.8. The quantitative estimate of drug-likeness (QED) is 0.423. The molecule has 0 aliphatic rings. The minimum absolute atomic E-state index is 0.0628. The fourth-order valence-corrected chi connectivity index (χ4v) is 2.11. The Morgan fingerprint density at radius 2 is 2.10 bits per heavy atom. The predicted molar refractivity (Wildman–Crippen MR) is 81.1 cm³/mol. The predicted octanol–water partition coefficient (Wildman–Crippen LogP) is 1.66. The van der Waals surface area contributed by atoms with E-state index >= 15 is 0 Å². The van der Waals surface area contributed by atoms with Gasteiger partial charge in [0.2, 0.25) is 0 Å². The highest BCUT2D eigenvalue weighted by molar-refractivity contribution is 5.59. The molecular weight excluding hydrogens is 274 g/mol. The van der Waals surface area contributed by atoms with Gasteiger partial charge in [-0.25, -0.2) is 0 Å². The van der Waals surface area contributed by atoms with Crippen LogP contribution in [0.1, 0.15) is 12.5 Å². The maximum Gasteiger partial charge on any atom is 0.292 e. The minimum atomic E-state index is -0.477. The zero-order valence-electron chi connectivity index (χ0n) is 12.7. The molecule has 0 bridgehead atoms. The Bertz CT molecular complexity index is 468. The van der Waals surface area contributed by atoms with Crippen LogP contribution in [0.25, 0.3) is 0 Å². The summed E-state index contributed by atoms with van der Waals surface area (Å²) in [7, 11) is 3.32. The first kappa shape index (κ1) is 17.4. The summed E-state index contributed by atoms with van der Waals surface area (Å²) < 4.78 is 10.3. The van der Waals surface area contributed by atoms with E-state index in [0.29, 0.717) is 19.8 Å². The number of nitrogens with two attached hydrogens (primary N) is 1. The molecule has 0 heterocycles. The Kier molecular flexibility index (Phi) is 7.07. The van der Waals surface area contributed by atoms with Crippen molar-refractivity contribution in [3.63, 3.8) is 0 Å². The monoisotopic (exact) mass is 297 g/mol. The molecule has 0 saturated carbocycles. The third-order valence-electron chi connectivity index (χ3n) is 3.29. The molecule has 0 spiro atoms. The third kappa shape index (κ3) is 5.30. The molecule has 1 unspecified atom stereocenters. The van der Waals surface area contributed by atoms with Gasteiger partial charge in [-0.05, 0) is 18.6 Å². The van der Waals surface area contributed by atoms with E-state index in [1.54, 1.807) is 26.4 Å². The average Bonchev–Trinajstić information content (AvgIpc) is 2.43. The average molecular weight is 297 g/mol. The third-order valence-corrected chi connectivity index (χ3v) is 3.29. The van der Waals surface area contributed by atoms with E-state index in [-0.39, 0.29) is 17.4 Å². The smallest absolute Gasteiger partial charge is 0.292 e. The highest BCUT2D eigenvalue weighted by atomic mass is 16.6. The number of hydrogen-bond acceptors (Lipinski definition) is 6. The molecular formula is C14H23N3O4. The number of anilines is 1. The first-order chi connectivity index (χ1) is 9.99. The first-order valence-electron chi connectivity index (χ1n) is 6.74. The zero-order chi connectivity index (χ0) is 15.8. The Hall–Kier alpha value is -1.70. The molecule has 1 aromatic carbocycles. The van der Waals surface area contributed by atoms with E-state index in [4.69, 9.17) is 15.2 Å². The zero-order valence-corrected chi connectivity index (χ0v) is 12.7. The van der Waals surface area contributed by atoms with Crippen LogP contribution in [0.5, 0.6) is 0 Å². The summed E-state index contributed by atoms with van der Waals surface area (Å²) in [6.07, 6.45) is 0. The van der Waals surface area contributed by atoms with E-state index in [2.05, 4.69) is 11.8 Å². The van der Waals surface area contributed by atoms with Gasteiger partial charge >= 0.3 is 0 Å². The fourth-order valence-electron chi connectivity index (χ4n) is 2.11. The second-order valence-electron chi connectivity index (χ2n) is 4.92. The summed E-state index contributed by atoms with van der Waals surface area (Å²) in [5, 5.41) is 10.8. The van der Waals surface area contributed by atoms with Gasteiger partial charge in [-0.15, -0.1) is 0 Å². The van der Waals surface area contributed by atoms with Crippen molar-refractivity contribution in [3.8, 4) is 0 Å². The van der Waals surface area contributed by atoms with E-state index in [0.717, 1.165) is 12.1 Å². The topological polar surface area (TPSA) is 90.9 Å². The number of rotatable bonds is 9. The molecule has 1 atom stereocenters. The number of nitro groups is 1. The van der Waals surface area contributed by atoms with Gasteiger partial charge in [0.05, 0.1) is 18.1 Å². The minimum Gasteiger partial charge on any atom is -0.393 e. The molecule has 1 aromatic rings. The summed E-state index contributed by atoms with van der Waals surface area (Å²) in [6.45, 7) is 4.66. The number of benzene rings is 1. The van der Waals surface area contributed by atoms with Crippen LogP contribution in [0.2, 0.25) is 0 Å². The Morgan fingerprint density at radius 3 is 2.62 bits per heavy atom. The van der Waals surface area contributed by atoms with Crippen LogP contribution in [0.3, 0.4) is 0 Å². The second-order valence-corrected chi connectivity index (χ2v) is 4.92. The molecule has 21 heavy (non-hydrogen) atoms. The first-order valence-corrected chi connectivity index (χ1v) is 6.74. The standard InChI is InChI=1S/C14H23N3O4/c1-11(10-21-3)16(6-7-20-2)9-12-4-5-14(17(18)19)13(15)8-12/h4-5,8,11H,6-7,9-10,15H2,1-3H3. The van der Waals surface area contributed by atoms with Crippen LogP contribution in [0.15, 0.2) is 18.2 Å². The lowest BCUT2D eigenvalue weighted by Gasteiger charge is -2.28. The molecule has 0 aromatic heterocycles. The van der Waals surface area contributed by atoms with Crippen molar-refractivity contribution in [1.29, 1.82) is 0 Å². The number of nitrogen functional groups attached to an aromatic ring is 1. The molecule has 0 radical (unpaired) electrons. The SMILES string of the molecule is COCCN(Cc1ccc([N+](=O)[O-])c(N)c1)C(C)COC. The highest BCUT2D eigenvalue weighted by Gasteiger charge is 2.16. The van der Waals surface area contributed by atoms with Gasteiger partial charge in [0.25, 0.3) is 5.69 Å². The van der Waals surface area contributed by atoms with Gasteiger partial charge < -0.3 is 15.2 Å². The molecule has 1 rings (SSSR count). The molecule has 0 aliphatic carbocycles. The Morgan fingerprint density at radius 1 is 1.38 bits per heavy atom. The summed E-state index contributed by atoms with van der Waals surface area (Å²) in [4.78, 5) is 12.5. The van der Waals surface area contributed by atoms with Crippen LogP contribution >= 0.6 is 0 Å². The van der Waals surface area contributed by atoms with Gasteiger partial charge in [-0.1, -0.05) is 6.07 Å². The van der Waals surface area contributed by atoms with Crippen molar-refractivity contribution in [2.45, 2.75) is 19.5 Å². The van der Waals surface area contributed by atoms with Crippen LogP contribution in [0.4, 0.5) is 11.4 Å². The summed E-state index contributed by atoms with van der Waals surface area (Å²) >= 11 is 0. The van der Waals surface area contributed by atoms with Crippen LogP contribution < -0.4 is 5.73 Å². The molecule has 2 N–H and O–H groups in total. The molecule has 0 amide bonds. The number of hydrogen-bond donors (Lipinski definition) is 1. The lowest BCUT2D eigenvalue weighted by molar-refractivity contribution is -0.383. The van der Waals surface area contributed by atoms with Crippen molar-refractivity contribution in [3.05, 3.63) is 33.9 Å². The highest BCUT2D eigenvalue weighted by Crippen LogP contribution is 2.23. The summed E-state index contributed by atoms with van der Waals surface area (Å²) in [5.41, 5.74) is 6.77. The van der Waals surface area contributed by atoms with Crippen LogP contribution in [-0.4, -0.2) is 49.8 Å². The second kappa shape index (κ2) is 8.56. The largest absolute Gasteiger partial charge is 0.393 e. The number of methoxy groups -OCH3 is 2. The van der Waals surface area contributed by atoms with Gasteiger partial charge in [0, 0.05) is 39.4 Å². The van der Waals surface area contributed by atoms with Gasteiger partial charge in [-0.3, -0.25) is 15.0 Å². The molecule has 0 saturated heterocycles. The van der Waals surface area contributed by atoms with E-state index in [1.807, 2.05) is 0 Å². The van der Waals surface area contributed by atoms with Gasteiger partial charge in [-0.2, -0.15) is 0 Å². The van der Waals surface area contributed by atoms with Crippen molar-refractivity contribution < 1.29 is 14.4 Å². The number of nitro benzene ring substituents is 1. The lowest BCUT2D eigenvalue weighted by Crippen LogP contribution is -2.38. The molecule has 0 aliphatic heterocycles. The number of ether oxygens (including phenoxy) is 2. The van der Waals surface area contributed by atoms with Crippen molar-refractivity contribution in [2.24, 2.45) is 0 Å². The molecule has 7 heteroatoms. The van der Waals surface area contributed by atoms with E-state index in [9.17, 15) is 10.1 Å². The normalized spacial score (nSPS) is 12.6. The number of nitrogens with zero attached hydrogens (tertiary/aromatic N) is 2. The maximum absolute atomic E-state index is 10.8. The Balaban J connectivity index is 2.82. The van der Waals surface area contributed by atoms with Crippen molar-refractivity contribution in [2.75, 3.05) is 39.7 Å². The molecule has 118 valence electrons. The van der Waals surface area contributed by atoms with Gasteiger partial charge in [0.1, 0.15) is 5.69 Å². The van der Waals surface area contributed by atoms with Crippen LogP contribution in [0, 0.1) is 10.1 Å².